The standard InChI is InChI=1S/C57H82/c1-26(2)53-28(4)32-27(3)37(9)41(13)43(15)39(11)33(29(53)5)34-31(53)24-52-30(6)38(10)36(8,25-35(34,52)7)40(12)42(38,14)45(17)44(40,16)48(20)51(23)47(43,19)56(54(32,37)39)46(41,18)50(22)49(45,21)55(48,52)57(50,51)56/h26-34H,24-25H2,1-23H3. The lowest BCUT2D eigenvalue weighted by molar-refractivity contribution is -0.748. The van der Waals surface area contributed by atoms with E-state index in [0.717, 1.165) is 53.3 Å². The molecule has 17 saturated carbocycles. The summed E-state index contributed by atoms with van der Waals surface area (Å²) in [4.78, 5) is 0. The van der Waals surface area contributed by atoms with Crippen molar-refractivity contribution in [1.29, 1.82) is 0 Å². The van der Waals surface area contributed by atoms with Gasteiger partial charge >= 0.3 is 0 Å². The van der Waals surface area contributed by atoms with Crippen molar-refractivity contribution in [2.45, 2.75) is 172 Å². The molecule has 31 atom stereocenters. The Bertz CT molecular complexity index is 2460. The zero-order valence-electron chi connectivity index (χ0n) is 41.1. The molecule has 310 valence electrons. The molecule has 17 rings (SSSR count). The van der Waals surface area contributed by atoms with Crippen LogP contribution in [-0.2, 0) is 0 Å². The van der Waals surface area contributed by atoms with E-state index in [2.05, 4.69) is 159 Å². The summed E-state index contributed by atoms with van der Waals surface area (Å²) in [7, 11) is 0. The van der Waals surface area contributed by atoms with Gasteiger partial charge < -0.3 is 0 Å². The molecular formula is C57H82. The summed E-state index contributed by atoms with van der Waals surface area (Å²) in [5, 5.41) is 0. The molecule has 31 unspecified atom stereocenters. The number of hydrogen-bond donors (Lipinski definition) is 0. The van der Waals surface area contributed by atoms with Gasteiger partial charge in [0.2, 0.25) is 0 Å². The highest BCUT2D eigenvalue weighted by atomic mass is 15.4. The maximum absolute atomic E-state index is 3.20. The van der Waals surface area contributed by atoms with Gasteiger partial charge in [-0.1, -0.05) is 159 Å². The fraction of sp³-hybridized carbons (Fsp3) is 1.00. The van der Waals surface area contributed by atoms with Crippen molar-refractivity contribution in [2.24, 2.45) is 178 Å². The van der Waals surface area contributed by atoms with E-state index in [9.17, 15) is 0 Å². The van der Waals surface area contributed by atoms with E-state index >= 15 is 0 Å². The van der Waals surface area contributed by atoms with Gasteiger partial charge in [0.15, 0.2) is 0 Å². The minimum atomic E-state index is 0.308. The smallest absolute Gasteiger partial charge is 0.00204 e. The van der Waals surface area contributed by atoms with Crippen molar-refractivity contribution in [2.75, 3.05) is 0 Å². The third-order valence-electron chi connectivity index (χ3n) is 39.2. The molecule has 0 aromatic carbocycles. The van der Waals surface area contributed by atoms with Gasteiger partial charge in [-0.25, -0.2) is 0 Å². The second-order valence-electron chi connectivity index (χ2n) is 31.7. The molecule has 17 aliphatic rings. The largest absolute Gasteiger partial charge is 0.0622 e. The first-order valence-corrected chi connectivity index (χ1v) is 25.7. The van der Waals surface area contributed by atoms with Gasteiger partial charge in [0.1, 0.15) is 0 Å². The summed E-state index contributed by atoms with van der Waals surface area (Å²) in [6, 6.07) is 0. The Morgan fingerprint density at radius 1 is 0.404 bits per heavy atom. The minimum absolute atomic E-state index is 0.308. The normalized spacial score (nSPS) is 95.2. The topological polar surface area (TPSA) is 0 Å². The van der Waals surface area contributed by atoms with E-state index in [0.29, 0.717) is 125 Å². The third kappa shape index (κ3) is 1.19. The van der Waals surface area contributed by atoms with Crippen molar-refractivity contribution in [1.82, 2.24) is 0 Å². The first-order valence-electron chi connectivity index (χ1n) is 25.7. The second kappa shape index (κ2) is 6.07. The van der Waals surface area contributed by atoms with E-state index in [1.807, 2.05) is 0 Å². The molecule has 0 amide bonds. The van der Waals surface area contributed by atoms with Crippen LogP contribution in [0.5, 0.6) is 0 Å². The fourth-order valence-electron chi connectivity index (χ4n) is 41.7. The summed E-state index contributed by atoms with van der Waals surface area (Å²) < 4.78 is 0. The van der Waals surface area contributed by atoms with Crippen LogP contribution in [0.4, 0.5) is 0 Å². The molecule has 0 heterocycles. The molecule has 0 radical (unpaired) electrons. The van der Waals surface area contributed by atoms with Gasteiger partial charge in [-0.15, -0.1) is 0 Å². The summed E-state index contributed by atoms with van der Waals surface area (Å²) in [6.07, 6.45) is 3.14. The van der Waals surface area contributed by atoms with Crippen molar-refractivity contribution in [3.8, 4) is 0 Å². The summed E-state index contributed by atoms with van der Waals surface area (Å²) >= 11 is 0. The van der Waals surface area contributed by atoms with Crippen LogP contribution in [0, 0.1) is 178 Å². The first kappa shape index (κ1) is 33.5. The average Bonchev–Trinajstić information content (AvgIpc) is 3.68. The van der Waals surface area contributed by atoms with Gasteiger partial charge in [-0.3, -0.25) is 0 Å². The maximum Gasteiger partial charge on any atom is -0.00204 e. The van der Waals surface area contributed by atoms with E-state index in [-0.39, 0.29) is 0 Å². The zero-order valence-corrected chi connectivity index (χ0v) is 41.1. The van der Waals surface area contributed by atoms with Crippen LogP contribution in [0.3, 0.4) is 0 Å². The van der Waals surface area contributed by atoms with Crippen molar-refractivity contribution >= 4 is 0 Å². The molecule has 10 bridgehead atoms. The Kier molecular flexibility index (Phi) is 3.57. The molecule has 0 aliphatic heterocycles. The van der Waals surface area contributed by atoms with Crippen LogP contribution in [0.15, 0.2) is 0 Å². The summed E-state index contributed by atoms with van der Waals surface area (Å²) in [6.45, 7) is 70.8. The predicted molar refractivity (Wildman–Crippen MR) is 227 cm³/mol. The van der Waals surface area contributed by atoms with Gasteiger partial charge in [0.05, 0.1) is 0 Å². The van der Waals surface area contributed by atoms with Gasteiger partial charge in [0, 0.05) is 0 Å². The highest BCUT2D eigenvalue weighted by Gasteiger charge is 3.40. The Balaban J connectivity index is 1.23. The van der Waals surface area contributed by atoms with Gasteiger partial charge in [0.25, 0.3) is 0 Å². The molecule has 0 nitrogen and oxygen atoms in total. The maximum atomic E-state index is 3.20. The lowest BCUT2D eigenvalue weighted by atomic mass is 8.83. The van der Waals surface area contributed by atoms with Crippen LogP contribution in [0.25, 0.3) is 0 Å². The third-order valence-corrected chi connectivity index (χ3v) is 39.2. The molecular weight excluding hydrogens is 685 g/mol. The van der Waals surface area contributed by atoms with Crippen LogP contribution < -0.4 is 0 Å². The van der Waals surface area contributed by atoms with Crippen molar-refractivity contribution < 1.29 is 0 Å². The lowest BCUT2D eigenvalue weighted by Crippen LogP contribution is -3.18. The highest BCUT2D eigenvalue weighted by molar-refractivity contribution is 5.85. The Morgan fingerprint density at radius 2 is 0.842 bits per heavy atom. The van der Waals surface area contributed by atoms with Crippen molar-refractivity contribution in [3.05, 3.63) is 0 Å². The molecule has 5 spiro atoms. The molecule has 0 heteroatoms. The van der Waals surface area contributed by atoms with E-state index < -0.39 is 0 Å². The van der Waals surface area contributed by atoms with Crippen molar-refractivity contribution in [3.63, 3.8) is 0 Å². The van der Waals surface area contributed by atoms with E-state index in [1.165, 1.54) is 0 Å². The van der Waals surface area contributed by atoms with Crippen LogP contribution in [0.2, 0.25) is 0 Å². The molecule has 0 saturated heterocycles. The van der Waals surface area contributed by atoms with Gasteiger partial charge in [-0.05, 0) is 191 Å². The lowest BCUT2D eigenvalue weighted by Gasteiger charge is -3.20. The highest BCUT2D eigenvalue weighted by Crippen LogP contribution is 3.42. The molecule has 0 aromatic rings. The molecule has 17 fully saturated rings. The number of hydrogen-bond acceptors (Lipinski definition) is 0. The summed E-state index contributed by atoms with van der Waals surface area (Å²) in [5.41, 5.74) is 8.39. The van der Waals surface area contributed by atoms with E-state index in [4.69, 9.17) is 0 Å². The van der Waals surface area contributed by atoms with Gasteiger partial charge in [-0.2, -0.15) is 0 Å². The Hall–Kier alpha value is 0. The first-order chi connectivity index (χ1) is 25.7. The summed E-state index contributed by atoms with van der Waals surface area (Å²) in [5.74, 6) is 7.43. The predicted octanol–water partition coefficient (Wildman–Crippen LogP) is 13.7. The monoisotopic (exact) mass is 767 g/mol. The van der Waals surface area contributed by atoms with Crippen LogP contribution in [0.1, 0.15) is 172 Å². The SMILES string of the molecule is CC(C)C12C(C)C3C4C1CC15C(C)C6(C)C(C)(CC41C)C1(C)C6(C)C4(C)C1(C)C1(C)C6(C)C7(C)C8(C)C3(C)C39C(C2C)C(C)C3(C)C8(C)C2(C)C3(C)C4(C)C51C63C729. The second-order valence-corrected chi connectivity index (χ2v) is 31.7. The zero-order chi connectivity index (χ0) is 41.1. The quantitative estimate of drug-likeness (QED) is 0.249. The van der Waals surface area contributed by atoms with E-state index in [1.54, 1.807) is 12.8 Å². The molecule has 0 aromatic heterocycles. The average molecular weight is 767 g/mol. The Morgan fingerprint density at radius 3 is 1.37 bits per heavy atom. The number of fused-ring (bicyclic) bond motifs is 10. The molecule has 57 heavy (non-hydrogen) atoms. The molecule has 0 N–H and O–H groups in total. The van der Waals surface area contributed by atoms with Crippen LogP contribution >= 0.6 is 0 Å². The fourth-order valence-corrected chi connectivity index (χ4v) is 41.7. The number of rotatable bonds is 1. The Labute approximate surface area is 348 Å². The van der Waals surface area contributed by atoms with Crippen LogP contribution in [-0.4, -0.2) is 0 Å². The molecule has 17 aliphatic carbocycles. The minimum Gasteiger partial charge on any atom is -0.0622 e.